The molecule has 0 N–H and O–H groups in total. The zero-order valence-electron chi connectivity index (χ0n) is 10.8. The zero-order valence-corrected chi connectivity index (χ0v) is 10.8. The van der Waals surface area contributed by atoms with Gasteiger partial charge in [0.25, 0.3) is 0 Å². The maximum absolute atomic E-state index is 4.44. The van der Waals surface area contributed by atoms with E-state index in [1.165, 1.54) is 16.8 Å². The van der Waals surface area contributed by atoms with Gasteiger partial charge < -0.3 is 0 Å². The van der Waals surface area contributed by atoms with E-state index in [0.717, 1.165) is 25.0 Å². The van der Waals surface area contributed by atoms with E-state index in [4.69, 9.17) is 0 Å². The van der Waals surface area contributed by atoms with Gasteiger partial charge in [0.15, 0.2) is 0 Å². The minimum Gasteiger partial charge on any atom is -0.272 e. The lowest BCUT2D eigenvalue weighted by molar-refractivity contribution is 0.728. The van der Waals surface area contributed by atoms with Crippen molar-refractivity contribution in [3.05, 3.63) is 47.0 Å². The summed E-state index contributed by atoms with van der Waals surface area (Å²) in [5.41, 5.74) is 5.16. The van der Waals surface area contributed by atoms with Crippen molar-refractivity contribution in [2.75, 3.05) is 0 Å². The number of rotatable bonds is 4. The van der Waals surface area contributed by atoms with E-state index in [-0.39, 0.29) is 0 Å². The molecule has 3 nitrogen and oxygen atoms in total. The average molecular weight is 229 g/mol. The molecule has 2 aromatic heterocycles. The predicted octanol–water partition coefficient (Wildman–Crippen LogP) is 2.61. The Kier molecular flexibility index (Phi) is 3.57. The summed E-state index contributed by atoms with van der Waals surface area (Å²) in [6, 6.07) is 4.13. The van der Waals surface area contributed by atoms with E-state index in [2.05, 4.69) is 30.0 Å². The number of aryl methyl sites for hydroxylation is 3. The Hall–Kier alpha value is -1.64. The minimum atomic E-state index is 1.08. The van der Waals surface area contributed by atoms with Crippen LogP contribution in [0, 0.1) is 13.8 Å². The van der Waals surface area contributed by atoms with Crippen LogP contribution in [0.25, 0.3) is 0 Å². The Labute approximate surface area is 103 Å². The molecule has 0 aromatic carbocycles. The van der Waals surface area contributed by atoms with Crippen molar-refractivity contribution in [2.24, 2.45) is 7.05 Å². The van der Waals surface area contributed by atoms with Gasteiger partial charge in [-0.3, -0.25) is 9.67 Å². The van der Waals surface area contributed by atoms with E-state index in [1.807, 2.05) is 30.2 Å². The van der Waals surface area contributed by atoms with Crippen LogP contribution in [-0.4, -0.2) is 14.8 Å². The monoisotopic (exact) mass is 229 g/mol. The molecule has 0 aliphatic heterocycles. The van der Waals surface area contributed by atoms with Crippen LogP contribution < -0.4 is 0 Å². The average Bonchev–Trinajstić information content (AvgIpc) is 2.57. The second-order valence-electron chi connectivity index (χ2n) is 4.49. The molecule has 0 saturated carbocycles. The Morgan fingerprint density at radius 3 is 2.65 bits per heavy atom. The Morgan fingerprint density at radius 1 is 1.24 bits per heavy atom. The van der Waals surface area contributed by atoms with Gasteiger partial charge in [-0.1, -0.05) is 6.07 Å². The molecule has 2 aromatic rings. The molecule has 0 aliphatic carbocycles. The smallest absolute Gasteiger partial charge is 0.0628 e. The highest BCUT2D eigenvalue weighted by Gasteiger charge is 2.08. The molecular formula is C14H19N3. The van der Waals surface area contributed by atoms with Crippen molar-refractivity contribution in [2.45, 2.75) is 33.1 Å². The molecule has 2 heterocycles. The summed E-state index contributed by atoms with van der Waals surface area (Å²) in [6.45, 7) is 4.23. The topological polar surface area (TPSA) is 30.7 Å². The third-order valence-electron chi connectivity index (χ3n) is 3.27. The molecule has 0 fully saturated rings. The van der Waals surface area contributed by atoms with Gasteiger partial charge in [0.1, 0.15) is 0 Å². The van der Waals surface area contributed by atoms with Crippen LogP contribution in [0.15, 0.2) is 24.5 Å². The highest BCUT2D eigenvalue weighted by atomic mass is 15.3. The third-order valence-corrected chi connectivity index (χ3v) is 3.27. The number of nitrogens with zero attached hydrogens (tertiary/aromatic N) is 3. The molecule has 0 atom stereocenters. The second kappa shape index (κ2) is 5.13. The number of hydrogen-bond acceptors (Lipinski definition) is 2. The van der Waals surface area contributed by atoms with Crippen LogP contribution in [0.3, 0.4) is 0 Å². The van der Waals surface area contributed by atoms with Gasteiger partial charge >= 0.3 is 0 Å². The fraction of sp³-hybridized carbons (Fsp3) is 0.429. The predicted molar refractivity (Wildman–Crippen MR) is 68.9 cm³/mol. The fourth-order valence-electron chi connectivity index (χ4n) is 2.19. The van der Waals surface area contributed by atoms with Crippen LogP contribution in [0.1, 0.15) is 28.9 Å². The highest BCUT2D eigenvalue weighted by Crippen LogP contribution is 2.15. The van der Waals surface area contributed by atoms with Gasteiger partial charge in [-0.15, -0.1) is 0 Å². The maximum atomic E-state index is 4.44. The van der Waals surface area contributed by atoms with Gasteiger partial charge in [0.2, 0.25) is 0 Å². The first-order valence-corrected chi connectivity index (χ1v) is 6.06. The van der Waals surface area contributed by atoms with Crippen molar-refractivity contribution in [1.29, 1.82) is 0 Å². The molecule has 90 valence electrons. The summed E-state index contributed by atoms with van der Waals surface area (Å²) < 4.78 is 1.97. The summed E-state index contributed by atoms with van der Waals surface area (Å²) in [5, 5.41) is 4.44. The molecule has 3 heteroatoms. The quantitative estimate of drug-likeness (QED) is 0.807. The minimum absolute atomic E-state index is 1.08. The van der Waals surface area contributed by atoms with Crippen LogP contribution in [0.4, 0.5) is 0 Å². The zero-order chi connectivity index (χ0) is 12.3. The first-order valence-electron chi connectivity index (χ1n) is 6.06. The fourth-order valence-corrected chi connectivity index (χ4v) is 2.19. The summed E-state index contributed by atoms with van der Waals surface area (Å²) in [4.78, 5) is 4.13. The van der Waals surface area contributed by atoms with Crippen LogP contribution in [0.5, 0.6) is 0 Å². The molecule has 0 unspecified atom stereocenters. The standard InChI is InChI=1S/C14H19N3/c1-11-14(12(2)17(3)16-11)8-4-6-13-7-5-9-15-10-13/h5,7,9-10H,4,6,8H2,1-3H3. The van der Waals surface area contributed by atoms with E-state index in [1.54, 1.807) is 0 Å². The van der Waals surface area contributed by atoms with Crippen LogP contribution in [0.2, 0.25) is 0 Å². The Morgan fingerprint density at radius 2 is 2.06 bits per heavy atom. The number of aromatic nitrogens is 3. The summed E-state index contributed by atoms with van der Waals surface area (Å²) in [5.74, 6) is 0. The second-order valence-corrected chi connectivity index (χ2v) is 4.49. The number of hydrogen-bond donors (Lipinski definition) is 0. The van der Waals surface area contributed by atoms with Crippen molar-refractivity contribution in [1.82, 2.24) is 14.8 Å². The first-order chi connectivity index (χ1) is 8.18. The molecule has 0 spiro atoms. The van der Waals surface area contributed by atoms with Gasteiger partial charge in [0, 0.05) is 25.1 Å². The van der Waals surface area contributed by atoms with Gasteiger partial charge in [0.05, 0.1) is 5.69 Å². The van der Waals surface area contributed by atoms with Crippen molar-refractivity contribution in [3.63, 3.8) is 0 Å². The summed E-state index contributed by atoms with van der Waals surface area (Å²) in [7, 11) is 2.01. The van der Waals surface area contributed by atoms with Gasteiger partial charge in [-0.25, -0.2) is 0 Å². The van der Waals surface area contributed by atoms with Gasteiger partial charge in [-0.05, 0) is 50.3 Å². The normalized spacial score (nSPS) is 10.8. The van der Waals surface area contributed by atoms with Crippen molar-refractivity contribution >= 4 is 0 Å². The Bertz CT molecular complexity index is 486. The highest BCUT2D eigenvalue weighted by molar-refractivity contribution is 5.24. The molecule has 2 rings (SSSR count). The summed E-state index contributed by atoms with van der Waals surface area (Å²) in [6.07, 6.45) is 7.10. The first kappa shape index (κ1) is 11.8. The lowest BCUT2D eigenvalue weighted by atomic mass is 10.0. The molecule has 0 bridgehead atoms. The molecule has 0 amide bonds. The molecule has 0 saturated heterocycles. The van der Waals surface area contributed by atoms with Crippen molar-refractivity contribution in [3.8, 4) is 0 Å². The summed E-state index contributed by atoms with van der Waals surface area (Å²) >= 11 is 0. The SMILES string of the molecule is Cc1nn(C)c(C)c1CCCc1cccnc1. The Balaban J connectivity index is 1.95. The van der Waals surface area contributed by atoms with Crippen LogP contribution in [-0.2, 0) is 19.9 Å². The van der Waals surface area contributed by atoms with E-state index >= 15 is 0 Å². The van der Waals surface area contributed by atoms with E-state index in [0.29, 0.717) is 0 Å². The lowest BCUT2D eigenvalue weighted by Gasteiger charge is -2.02. The largest absolute Gasteiger partial charge is 0.272 e. The molecule has 17 heavy (non-hydrogen) atoms. The lowest BCUT2D eigenvalue weighted by Crippen LogP contribution is -1.95. The van der Waals surface area contributed by atoms with E-state index in [9.17, 15) is 0 Å². The van der Waals surface area contributed by atoms with Crippen LogP contribution >= 0.6 is 0 Å². The van der Waals surface area contributed by atoms with E-state index < -0.39 is 0 Å². The number of pyridine rings is 1. The van der Waals surface area contributed by atoms with Crippen molar-refractivity contribution < 1.29 is 0 Å². The molecule has 0 aliphatic rings. The third kappa shape index (κ3) is 2.73. The molecular weight excluding hydrogens is 210 g/mol. The molecule has 0 radical (unpaired) electrons. The van der Waals surface area contributed by atoms with Gasteiger partial charge in [-0.2, -0.15) is 5.10 Å². The maximum Gasteiger partial charge on any atom is 0.0628 e.